The average Bonchev–Trinajstić information content (AvgIpc) is 2.63. The molecule has 84 valence electrons. The predicted octanol–water partition coefficient (Wildman–Crippen LogP) is 0.439. The quantitative estimate of drug-likeness (QED) is 0.720. The summed E-state index contributed by atoms with van der Waals surface area (Å²) in [5.41, 5.74) is 1.25. The lowest BCUT2D eigenvalue weighted by Gasteiger charge is -2.32. The molecule has 1 fully saturated rings. The number of likely N-dealkylation sites (N-methyl/N-ethyl adjacent to an activating group) is 1. The van der Waals surface area contributed by atoms with Crippen molar-refractivity contribution in [3.05, 3.63) is 18.2 Å². The number of aromatic nitrogens is 2. The number of imidazole rings is 1. The molecule has 1 aromatic rings. The Kier molecular flexibility index (Phi) is 3.38. The maximum Gasteiger partial charge on any atom is 0.0948 e. The van der Waals surface area contributed by atoms with Crippen LogP contribution in [0.2, 0.25) is 0 Å². The molecule has 2 rings (SSSR count). The van der Waals surface area contributed by atoms with E-state index in [0.717, 1.165) is 13.1 Å². The summed E-state index contributed by atoms with van der Waals surface area (Å²) in [6.45, 7) is 9.11. The molecule has 0 N–H and O–H groups in total. The largest absolute Gasteiger partial charge is 0.334 e. The first-order chi connectivity index (χ1) is 7.25. The first-order valence-corrected chi connectivity index (χ1v) is 5.63. The molecule has 0 spiro atoms. The van der Waals surface area contributed by atoms with Gasteiger partial charge in [-0.05, 0) is 14.0 Å². The molecule has 0 saturated carbocycles. The minimum atomic E-state index is 1.07. The van der Waals surface area contributed by atoms with Gasteiger partial charge in [0.05, 0.1) is 6.33 Å². The summed E-state index contributed by atoms with van der Waals surface area (Å²) in [5.74, 6) is 0. The zero-order valence-corrected chi connectivity index (χ0v) is 9.69. The van der Waals surface area contributed by atoms with Crippen LogP contribution >= 0.6 is 0 Å². The van der Waals surface area contributed by atoms with Gasteiger partial charge in [-0.3, -0.25) is 4.90 Å². The van der Waals surface area contributed by atoms with Crippen molar-refractivity contribution in [1.29, 1.82) is 0 Å². The number of rotatable bonds is 3. The minimum absolute atomic E-state index is 1.07. The van der Waals surface area contributed by atoms with Gasteiger partial charge < -0.3 is 9.47 Å². The van der Waals surface area contributed by atoms with E-state index in [2.05, 4.69) is 33.3 Å². The highest BCUT2D eigenvalue weighted by molar-refractivity contribution is 4.94. The van der Waals surface area contributed by atoms with Gasteiger partial charge in [-0.1, -0.05) is 0 Å². The van der Waals surface area contributed by atoms with E-state index in [9.17, 15) is 0 Å². The normalized spacial score (nSPS) is 19.6. The van der Waals surface area contributed by atoms with E-state index in [-0.39, 0.29) is 0 Å². The van der Waals surface area contributed by atoms with Crippen molar-refractivity contribution < 1.29 is 0 Å². The molecule has 15 heavy (non-hydrogen) atoms. The van der Waals surface area contributed by atoms with Gasteiger partial charge in [-0.2, -0.15) is 0 Å². The van der Waals surface area contributed by atoms with Gasteiger partial charge in [0, 0.05) is 51.2 Å². The molecule has 1 saturated heterocycles. The van der Waals surface area contributed by atoms with E-state index < -0.39 is 0 Å². The lowest BCUT2D eigenvalue weighted by Crippen LogP contribution is -2.45. The van der Waals surface area contributed by atoms with Crippen LogP contribution in [0.5, 0.6) is 0 Å². The molecular weight excluding hydrogens is 188 g/mol. The number of nitrogens with zero attached hydrogens (tertiary/aromatic N) is 4. The highest BCUT2D eigenvalue weighted by Crippen LogP contribution is 2.01. The Morgan fingerprint density at radius 2 is 1.93 bits per heavy atom. The van der Waals surface area contributed by atoms with Gasteiger partial charge >= 0.3 is 0 Å². The van der Waals surface area contributed by atoms with Crippen molar-refractivity contribution >= 4 is 0 Å². The molecule has 1 aliphatic rings. The number of aryl methyl sites for hydroxylation is 1. The molecular formula is C11H20N4. The zero-order chi connectivity index (χ0) is 10.7. The van der Waals surface area contributed by atoms with E-state index in [0.29, 0.717) is 0 Å². The van der Waals surface area contributed by atoms with Gasteiger partial charge in [-0.15, -0.1) is 0 Å². The summed E-state index contributed by atoms with van der Waals surface area (Å²) in [6.07, 6.45) is 3.84. The van der Waals surface area contributed by atoms with Crippen molar-refractivity contribution in [3.8, 4) is 0 Å². The third kappa shape index (κ3) is 2.79. The van der Waals surface area contributed by atoms with Crippen molar-refractivity contribution in [2.24, 2.45) is 0 Å². The van der Waals surface area contributed by atoms with Gasteiger partial charge in [0.2, 0.25) is 0 Å². The van der Waals surface area contributed by atoms with Crippen LogP contribution in [0.1, 0.15) is 5.69 Å². The molecule has 4 heteroatoms. The van der Waals surface area contributed by atoms with Crippen molar-refractivity contribution in [3.63, 3.8) is 0 Å². The Balaban J connectivity index is 1.77. The Bertz CT molecular complexity index is 299. The summed E-state index contributed by atoms with van der Waals surface area (Å²) in [7, 11) is 2.19. The number of hydrogen-bond donors (Lipinski definition) is 0. The average molecular weight is 208 g/mol. The van der Waals surface area contributed by atoms with Gasteiger partial charge in [0.1, 0.15) is 0 Å². The molecule has 0 aliphatic carbocycles. The van der Waals surface area contributed by atoms with Crippen molar-refractivity contribution in [2.75, 3.05) is 39.8 Å². The predicted molar refractivity (Wildman–Crippen MR) is 60.9 cm³/mol. The molecule has 4 nitrogen and oxygen atoms in total. The highest BCUT2D eigenvalue weighted by atomic mass is 15.3. The monoisotopic (exact) mass is 208 g/mol. The Hall–Kier alpha value is -0.870. The summed E-state index contributed by atoms with van der Waals surface area (Å²) in [5, 5.41) is 0. The lowest BCUT2D eigenvalue weighted by molar-refractivity contribution is 0.150. The highest BCUT2D eigenvalue weighted by Gasteiger charge is 2.13. The topological polar surface area (TPSA) is 24.3 Å². The van der Waals surface area contributed by atoms with E-state index in [1.54, 1.807) is 0 Å². The Morgan fingerprint density at radius 1 is 1.20 bits per heavy atom. The van der Waals surface area contributed by atoms with Crippen LogP contribution < -0.4 is 0 Å². The minimum Gasteiger partial charge on any atom is -0.334 e. The van der Waals surface area contributed by atoms with Gasteiger partial charge in [0.15, 0.2) is 0 Å². The third-order valence-corrected chi connectivity index (χ3v) is 3.17. The van der Waals surface area contributed by atoms with Crippen LogP contribution in [-0.2, 0) is 6.54 Å². The molecule has 0 atom stereocenters. The molecule has 0 amide bonds. The molecule has 1 aliphatic heterocycles. The third-order valence-electron chi connectivity index (χ3n) is 3.17. The fourth-order valence-electron chi connectivity index (χ4n) is 1.94. The summed E-state index contributed by atoms with van der Waals surface area (Å²) < 4.78 is 2.22. The van der Waals surface area contributed by atoms with Gasteiger partial charge in [-0.25, -0.2) is 4.98 Å². The Labute approximate surface area is 91.5 Å². The molecule has 0 aromatic carbocycles. The van der Waals surface area contributed by atoms with Crippen LogP contribution in [0.25, 0.3) is 0 Å². The van der Waals surface area contributed by atoms with Crippen LogP contribution in [0.4, 0.5) is 0 Å². The summed E-state index contributed by atoms with van der Waals surface area (Å²) in [6, 6.07) is 0. The van der Waals surface area contributed by atoms with E-state index in [1.165, 1.54) is 31.9 Å². The fourth-order valence-corrected chi connectivity index (χ4v) is 1.94. The Morgan fingerprint density at radius 3 is 2.53 bits per heavy atom. The van der Waals surface area contributed by atoms with Crippen LogP contribution in [0.15, 0.2) is 12.5 Å². The second kappa shape index (κ2) is 4.77. The fraction of sp³-hybridized carbons (Fsp3) is 0.727. The van der Waals surface area contributed by atoms with E-state index >= 15 is 0 Å². The van der Waals surface area contributed by atoms with Crippen LogP contribution in [-0.4, -0.2) is 59.1 Å². The first-order valence-electron chi connectivity index (χ1n) is 5.63. The van der Waals surface area contributed by atoms with E-state index in [1.807, 2.05) is 12.5 Å². The standard InChI is InChI=1S/C11H20N4/c1-11-9-12-10-15(11)8-7-14-5-3-13(2)4-6-14/h9-10H,3-8H2,1-2H3. The number of piperazine rings is 1. The van der Waals surface area contributed by atoms with E-state index in [4.69, 9.17) is 0 Å². The summed E-state index contributed by atoms with van der Waals surface area (Å²) >= 11 is 0. The molecule has 0 unspecified atom stereocenters. The second-order valence-electron chi connectivity index (χ2n) is 4.37. The first kappa shape index (κ1) is 10.6. The molecule has 0 radical (unpaired) electrons. The van der Waals surface area contributed by atoms with Crippen molar-refractivity contribution in [1.82, 2.24) is 19.4 Å². The molecule has 1 aromatic heterocycles. The smallest absolute Gasteiger partial charge is 0.0948 e. The van der Waals surface area contributed by atoms with Crippen molar-refractivity contribution in [2.45, 2.75) is 13.5 Å². The molecule has 2 heterocycles. The zero-order valence-electron chi connectivity index (χ0n) is 9.69. The van der Waals surface area contributed by atoms with Crippen LogP contribution in [0.3, 0.4) is 0 Å². The maximum absolute atomic E-state index is 4.13. The molecule has 0 bridgehead atoms. The lowest BCUT2D eigenvalue weighted by atomic mass is 10.3. The SMILES string of the molecule is Cc1cncn1CCN1CCN(C)CC1. The maximum atomic E-state index is 4.13. The second-order valence-corrected chi connectivity index (χ2v) is 4.37. The van der Waals surface area contributed by atoms with Gasteiger partial charge in [0.25, 0.3) is 0 Å². The van der Waals surface area contributed by atoms with Crippen LogP contribution in [0, 0.1) is 6.92 Å². The number of hydrogen-bond acceptors (Lipinski definition) is 3. The summed E-state index contributed by atoms with van der Waals surface area (Å²) in [4.78, 5) is 9.05.